The number of nitrogens with one attached hydrogen (secondary N) is 1. The summed E-state index contributed by atoms with van der Waals surface area (Å²) in [5.41, 5.74) is -1.45. The molecule has 0 aliphatic heterocycles. The van der Waals surface area contributed by atoms with Crippen LogP contribution in [0.5, 0.6) is 0 Å². The van der Waals surface area contributed by atoms with Crippen molar-refractivity contribution < 1.29 is 32.6 Å². The molecule has 4 rings (SSSR count). The summed E-state index contributed by atoms with van der Waals surface area (Å²) in [5.74, 6) is -3.92. The largest absolute Gasteiger partial charge is 0.435 e. The maximum absolute atomic E-state index is 14.4. The lowest BCUT2D eigenvalue weighted by Crippen LogP contribution is -2.31. The van der Waals surface area contributed by atoms with Crippen LogP contribution in [0.4, 0.5) is 23.2 Å². The smallest absolute Gasteiger partial charge is 0.365 e. The molecule has 1 saturated carbocycles. The molecule has 0 saturated heterocycles. The molecule has 1 aliphatic carbocycles. The second-order valence-corrected chi connectivity index (χ2v) is 8.41. The molecule has 1 amide bonds. The maximum Gasteiger partial charge on any atom is 0.435 e. The molecule has 0 unspecified atom stereocenters. The van der Waals surface area contributed by atoms with Gasteiger partial charge in [-0.1, -0.05) is 12.1 Å². The van der Waals surface area contributed by atoms with Crippen molar-refractivity contribution in [3.8, 4) is 11.8 Å². The van der Waals surface area contributed by atoms with Crippen molar-refractivity contribution in [2.75, 3.05) is 5.32 Å². The van der Waals surface area contributed by atoms with Gasteiger partial charge in [-0.15, -0.1) is 0 Å². The summed E-state index contributed by atoms with van der Waals surface area (Å²) in [5, 5.41) is 35.0. The van der Waals surface area contributed by atoms with Gasteiger partial charge in [-0.2, -0.15) is 23.5 Å². The number of rotatable bonds is 7. The van der Waals surface area contributed by atoms with Crippen molar-refractivity contribution in [2.45, 2.75) is 37.6 Å². The molecule has 11 heteroatoms. The van der Waals surface area contributed by atoms with Crippen molar-refractivity contribution in [3.05, 3.63) is 76.9 Å². The standard InChI is InChI=1S/C24H20F4N4O3/c25-18-7-4-14(8-9-23(34,35)16-5-6-16)11-19(18)30-22(33)20-12-21(24(26,27)28)31-32(20)17-3-1-2-15(10-17)13-29/h1-4,7,10-12,16,34-35H,5-6,8-9H2,(H,30,33). The minimum atomic E-state index is -4.85. The highest BCUT2D eigenvalue weighted by Gasteiger charge is 2.41. The Balaban J connectivity index is 1.62. The van der Waals surface area contributed by atoms with E-state index in [9.17, 15) is 32.6 Å². The third-order valence-corrected chi connectivity index (χ3v) is 5.74. The predicted molar refractivity (Wildman–Crippen MR) is 116 cm³/mol. The van der Waals surface area contributed by atoms with E-state index < -0.39 is 35.1 Å². The summed E-state index contributed by atoms with van der Waals surface area (Å²) in [6.07, 6.45) is -3.23. The minimum absolute atomic E-state index is 0.00757. The molecule has 7 nitrogen and oxygen atoms in total. The van der Waals surface area contributed by atoms with E-state index in [2.05, 4.69) is 10.4 Å². The molecule has 0 spiro atoms. The fourth-order valence-electron chi connectivity index (χ4n) is 3.67. The van der Waals surface area contributed by atoms with Gasteiger partial charge < -0.3 is 15.5 Å². The number of anilines is 1. The van der Waals surface area contributed by atoms with Crippen molar-refractivity contribution in [1.82, 2.24) is 9.78 Å². The van der Waals surface area contributed by atoms with Crippen LogP contribution in [0.15, 0.2) is 48.5 Å². The maximum atomic E-state index is 14.4. The van der Waals surface area contributed by atoms with E-state index in [0.29, 0.717) is 24.5 Å². The van der Waals surface area contributed by atoms with E-state index in [0.717, 1.165) is 10.7 Å². The van der Waals surface area contributed by atoms with Crippen molar-refractivity contribution in [2.24, 2.45) is 5.92 Å². The Morgan fingerprint density at radius 1 is 1.17 bits per heavy atom. The van der Waals surface area contributed by atoms with Crippen molar-refractivity contribution in [1.29, 1.82) is 5.26 Å². The number of nitrogens with zero attached hydrogens (tertiary/aromatic N) is 3. The number of aromatic nitrogens is 2. The van der Waals surface area contributed by atoms with Gasteiger partial charge in [-0.25, -0.2) is 9.07 Å². The average Bonchev–Trinajstić information content (AvgIpc) is 3.57. The molecule has 3 N–H and O–H groups in total. The molecule has 182 valence electrons. The van der Waals surface area contributed by atoms with E-state index in [4.69, 9.17) is 5.26 Å². The Hall–Kier alpha value is -3.75. The van der Waals surface area contributed by atoms with Gasteiger partial charge in [0.15, 0.2) is 11.5 Å². The van der Waals surface area contributed by atoms with Gasteiger partial charge in [-0.3, -0.25) is 4.79 Å². The number of aliphatic hydroxyl groups is 2. The van der Waals surface area contributed by atoms with E-state index in [1.807, 2.05) is 6.07 Å². The summed E-state index contributed by atoms with van der Waals surface area (Å²) in [6.45, 7) is 0. The zero-order chi connectivity index (χ0) is 25.4. The fourth-order valence-corrected chi connectivity index (χ4v) is 3.67. The fraction of sp³-hybridized carbons (Fsp3) is 0.292. The second kappa shape index (κ2) is 9.13. The quantitative estimate of drug-likeness (QED) is 0.341. The lowest BCUT2D eigenvalue weighted by atomic mass is 10.0. The topological polar surface area (TPSA) is 111 Å². The first-order chi connectivity index (χ1) is 16.5. The average molecular weight is 488 g/mol. The Labute approximate surface area is 197 Å². The van der Waals surface area contributed by atoms with Crippen molar-refractivity contribution >= 4 is 11.6 Å². The molecule has 1 aliphatic rings. The van der Waals surface area contributed by atoms with Crippen LogP contribution in [0.1, 0.15) is 46.6 Å². The number of alkyl halides is 3. The molecule has 0 bridgehead atoms. The summed E-state index contributed by atoms with van der Waals surface area (Å²) >= 11 is 0. The highest BCUT2D eigenvalue weighted by Crippen LogP contribution is 2.40. The number of benzene rings is 2. The molecule has 0 radical (unpaired) electrons. The number of halogens is 4. The number of amides is 1. The van der Waals surface area contributed by atoms with E-state index in [-0.39, 0.29) is 35.7 Å². The van der Waals surface area contributed by atoms with Crippen LogP contribution < -0.4 is 5.32 Å². The number of carbonyl (C=O) groups is 1. The van der Waals surface area contributed by atoms with Crippen LogP contribution in [0.3, 0.4) is 0 Å². The van der Waals surface area contributed by atoms with Gasteiger partial charge in [0.05, 0.1) is 23.0 Å². The molecule has 0 atom stereocenters. The first kappa shape index (κ1) is 24.4. The van der Waals surface area contributed by atoms with Crippen LogP contribution in [-0.4, -0.2) is 31.7 Å². The Morgan fingerprint density at radius 3 is 2.57 bits per heavy atom. The molecule has 2 aromatic carbocycles. The summed E-state index contributed by atoms with van der Waals surface area (Å²) in [7, 11) is 0. The van der Waals surface area contributed by atoms with Crippen LogP contribution in [0.25, 0.3) is 5.69 Å². The summed E-state index contributed by atoms with van der Waals surface area (Å²) in [4.78, 5) is 12.9. The number of aryl methyl sites for hydroxylation is 1. The van der Waals surface area contributed by atoms with Gasteiger partial charge in [-0.05, 0) is 55.2 Å². The van der Waals surface area contributed by atoms with Gasteiger partial charge in [0.2, 0.25) is 0 Å². The van der Waals surface area contributed by atoms with Crippen LogP contribution in [0, 0.1) is 23.1 Å². The van der Waals surface area contributed by atoms with Gasteiger partial charge >= 0.3 is 6.18 Å². The van der Waals surface area contributed by atoms with Gasteiger partial charge in [0, 0.05) is 18.4 Å². The van der Waals surface area contributed by atoms with E-state index in [1.54, 1.807) is 0 Å². The predicted octanol–water partition coefficient (Wildman–Crippen LogP) is 4.18. The second-order valence-electron chi connectivity index (χ2n) is 8.41. The lowest BCUT2D eigenvalue weighted by molar-refractivity contribution is -0.181. The number of hydrogen-bond acceptors (Lipinski definition) is 5. The zero-order valence-corrected chi connectivity index (χ0v) is 18.2. The monoisotopic (exact) mass is 488 g/mol. The number of nitriles is 1. The Bertz CT molecular complexity index is 1310. The molecular weight excluding hydrogens is 468 g/mol. The first-order valence-electron chi connectivity index (χ1n) is 10.7. The SMILES string of the molecule is N#Cc1cccc(-n2nc(C(F)(F)F)cc2C(=O)Nc2cc(CCC(O)(O)C3CC3)ccc2F)c1. The number of hydrogen-bond donors (Lipinski definition) is 3. The third kappa shape index (κ3) is 5.50. The third-order valence-electron chi connectivity index (χ3n) is 5.74. The Morgan fingerprint density at radius 2 is 1.91 bits per heavy atom. The number of carbonyl (C=O) groups excluding carboxylic acids is 1. The molecule has 3 aromatic rings. The molecule has 35 heavy (non-hydrogen) atoms. The zero-order valence-electron chi connectivity index (χ0n) is 18.2. The van der Waals surface area contributed by atoms with Crippen molar-refractivity contribution in [3.63, 3.8) is 0 Å². The highest BCUT2D eigenvalue weighted by molar-refractivity contribution is 6.03. The first-order valence-corrected chi connectivity index (χ1v) is 10.7. The van der Waals surface area contributed by atoms with Gasteiger partial charge in [0.25, 0.3) is 5.91 Å². The highest BCUT2D eigenvalue weighted by atomic mass is 19.4. The van der Waals surface area contributed by atoms with Crippen LogP contribution >= 0.6 is 0 Å². The lowest BCUT2D eigenvalue weighted by Gasteiger charge is -2.21. The molecular formula is C24H20F4N4O3. The normalized spacial score (nSPS) is 14.0. The molecule has 1 fully saturated rings. The Kier molecular flexibility index (Phi) is 6.36. The minimum Gasteiger partial charge on any atom is -0.365 e. The van der Waals surface area contributed by atoms with Crippen LogP contribution in [-0.2, 0) is 12.6 Å². The molecule has 1 aromatic heterocycles. The summed E-state index contributed by atoms with van der Waals surface area (Å²) < 4.78 is 55.2. The van der Waals surface area contributed by atoms with Gasteiger partial charge in [0.1, 0.15) is 11.5 Å². The van der Waals surface area contributed by atoms with Crippen LogP contribution in [0.2, 0.25) is 0 Å². The summed E-state index contributed by atoms with van der Waals surface area (Å²) in [6, 6.07) is 11.7. The molecule has 1 heterocycles. The van der Waals surface area contributed by atoms with E-state index in [1.165, 1.54) is 36.4 Å². The van der Waals surface area contributed by atoms with E-state index >= 15 is 0 Å².